The monoisotopic (exact) mass is 174 g/mol. The Labute approximate surface area is 71.2 Å². The molecule has 0 aliphatic carbocycles. The van der Waals surface area contributed by atoms with E-state index in [-0.39, 0.29) is 12.8 Å². The first-order chi connectivity index (χ1) is 5.36. The summed E-state index contributed by atoms with van der Waals surface area (Å²) in [5.74, 6) is -1.15. The Morgan fingerprint density at radius 1 is 1.50 bits per heavy atom. The third-order valence-electron chi connectivity index (χ3n) is 2.12. The van der Waals surface area contributed by atoms with Crippen molar-refractivity contribution in [1.82, 2.24) is 0 Å². The molecule has 1 rings (SSSR count). The van der Waals surface area contributed by atoms with E-state index in [1.807, 2.05) is 0 Å². The average molecular weight is 174 g/mol. The highest BCUT2D eigenvalue weighted by Gasteiger charge is 2.44. The molecule has 0 radical (unpaired) electrons. The van der Waals surface area contributed by atoms with Crippen molar-refractivity contribution in [1.29, 1.82) is 0 Å². The molecule has 0 spiro atoms. The predicted octanol–water partition coefficient (Wildman–Crippen LogP) is 0.391. The van der Waals surface area contributed by atoms with Crippen LogP contribution in [-0.4, -0.2) is 34.0 Å². The zero-order chi connectivity index (χ0) is 9.41. The van der Waals surface area contributed by atoms with Crippen LogP contribution in [0.25, 0.3) is 0 Å². The second-order valence-corrected chi connectivity index (χ2v) is 3.87. The number of aliphatic hydroxyl groups is 1. The van der Waals surface area contributed by atoms with Crippen molar-refractivity contribution >= 4 is 5.97 Å². The lowest BCUT2D eigenvalue weighted by Crippen LogP contribution is -2.50. The molecule has 1 aliphatic heterocycles. The van der Waals surface area contributed by atoms with E-state index in [0.717, 1.165) is 0 Å². The van der Waals surface area contributed by atoms with Crippen LogP contribution in [0.5, 0.6) is 0 Å². The molecule has 1 unspecified atom stereocenters. The first-order valence-electron chi connectivity index (χ1n) is 3.95. The van der Waals surface area contributed by atoms with E-state index in [1.165, 1.54) is 0 Å². The highest BCUT2D eigenvalue weighted by molar-refractivity contribution is 5.77. The largest absolute Gasteiger partial charge is 0.479 e. The van der Waals surface area contributed by atoms with E-state index in [9.17, 15) is 9.90 Å². The molecule has 0 bridgehead atoms. The van der Waals surface area contributed by atoms with Crippen molar-refractivity contribution in [2.24, 2.45) is 0 Å². The summed E-state index contributed by atoms with van der Waals surface area (Å²) >= 11 is 0. The maximum absolute atomic E-state index is 10.7. The maximum Gasteiger partial charge on any atom is 0.335 e. The first kappa shape index (κ1) is 9.48. The van der Waals surface area contributed by atoms with Crippen LogP contribution in [-0.2, 0) is 9.53 Å². The second-order valence-electron chi connectivity index (χ2n) is 3.87. The lowest BCUT2D eigenvalue weighted by atomic mass is 9.84. The highest BCUT2D eigenvalue weighted by atomic mass is 16.5. The summed E-state index contributed by atoms with van der Waals surface area (Å²) in [6, 6.07) is 0. The first-order valence-corrected chi connectivity index (χ1v) is 3.95. The SMILES string of the molecule is CC1(C)CC(O)(C(=O)O)CCO1. The van der Waals surface area contributed by atoms with E-state index in [2.05, 4.69) is 0 Å². The average Bonchev–Trinajstić information content (AvgIpc) is 1.83. The molecular formula is C8H14O4. The standard InChI is InChI=1S/C8H14O4/c1-7(2)5-8(11,6(9)10)3-4-12-7/h11H,3-5H2,1-2H3,(H,9,10). The summed E-state index contributed by atoms with van der Waals surface area (Å²) in [5.41, 5.74) is -2.13. The summed E-state index contributed by atoms with van der Waals surface area (Å²) in [7, 11) is 0. The third kappa shape index (κ3) is 1.76. The molecule has 1 saturated heterocycles. The van der Waals surface area contributed by atoms with Crippen LogP contribution in [0.1, 0.15) is 26.7 Å². The summed E-state index contributed by atoms with van der Waals surface area (Å²) in [6.07, 6.45) is 0.321. The zero-order valence-electron chi connectivity index (χ0n) is 7.33. The molecule has 0 aromatic rings. The van der Waals surface area contributed by atoms with Crippen LogP contribution in [0.2, 0.25) is 0 Å². The molecule has 12 heavy (non-hydrogen) atoms. The van der Waals surface area contributed by atoms with E-state index >= 15 is 0 Å². The molecule has 2 N–H and O–H groups in total. The number of ether oxygens (including phenoxy) is 1. The van der Waals surface area contributed by atoms with Gasteiger partial charge < -0.3 is 14.9 Å². The predicted molar refractivity (Wildman–Crippen MR) is 41.9 cm³/mol. The second kappa shape index (κ2) is 2.71. The van der Waals surface area contributed by atoms with E-state index in [4.69, 9.17) is 9.84 Å². The molecule has 1 fully saturated rings. The molecule has 1 atom stereocenters. The van der Waals surface area contributed by atoms with Crippen molar-refractivity contribution in [3.63, 3.8) is 0 Å². The Kier molecular flexibility index (Phi) is 2.14. The maximum atomic E-state index is 10.7. The van der Waals surface area contributed by atoms with Crippen molar-refractivity contribution in [2.45, 2.75) is 37.9 Å². The van der Waals surface area contributed by atoms with Gasteiger partial charge in [0.15, 0.2) is 5.60 Å². The number of carboxylic acid groups (broad SMARTS) is 1. The van der Waals surface area contributed by atoms with Gasteiger partial charge in [-0.1, -0.05) is 0 Å². The van der Waals surface area contributed by atoms with Crippen molar-refractivity contribution < 1.29 is 19.7 Å². The molecule has 4 nitrogen and oxygen atoms in total. The Balaban J connectivity index is 2.74. The quantitative estimate of drug-likeness (QED) is 0.603. The number of carbonyl (C=O) groups is 1. The van der Waals surface area contributed by atoms with Crippen LogP contribution >= 0.6 is 0 Å². The van der Waals surface area contributed by atoms with Gasteiger partial charge in [0.05, 0.1) is 12.2 Å². The van der Waals surface area contributed by atoms with E-state index in [0.29, 0.717) is 6.61 Å². The summed E-state index contributed by atoms with van der Waals surface area (Å²) in [6.45, 7) is 3.86. The fraction of sp³-hybridized carbons (Fsp3) is 0.875. The van der Waals surface area contributed by atoms with Gasteiger partial charge in [-0.15, -0.1) is 0 Å². The lowest BCUT2D eigenvalue weighted by Gasteiger charge is -2.38. The van der Waals surface area contributed by atoms with Gasteiger partial charge in [0, 0.05) is 12.8 Å². The van der Waals surface area contributed by atoms with Crippen LogP contribution < -0.4 is 0 Å². The van der Waals surface area contributed by atoms with Crippen LogP contribution in [0, 0.1) is 0 Å². The smallest absolute Gasteiger partial charge is 0.335 e. The lowest BCUT2D eigenvalue weighted by molar-refractivity contribution is -0.185. The minimum Gasteiger partial charge on any atom is -0.479 e. The number of aliphatic carboxylic acids is 1. The van der Waals surface area contributed by atoms with Gasteiger partial charge in [-0.25, -0.2) is 4.79 Å². The summed E-state index contributed by atoms with van der Waals surface area (Å²) in [4.78, 5) is 10.7. The van der Waals surface area contributed by atoms with Crippen molar-refractivity contribution in [2.75, 3.05) is 6.61 Å². The Morgan fingerprint density at radius 2 is 2.08 bits per heavy atom. The Morgan fingerprint density at radius 3 is 2.42 bits per heavy atom. The molecule has 0 aromatic carbocycles. The van der Waals surface area contributed by atoms with Crippen molar-refractivity contribution in [3.8, 4) is 0 Å². The fourth-order valence-electron chi connectivity index (χ4n) is 1.52. The highest BCUT2D eigenvalue weighted by Crippen LogP contribution is 2.31. The van der Waals surface area contributed by atoms with Gasteiger partial charge in [0.2, 0.25) is 0 Å². The fourth-order valence-corrected chi connectivity index (χ4v) is 1.52. The molecule has 1 aliphatic rings. The third-order valence-corrected chi connectivity index (χ3v) is 2.12. The number of rotatable bonds is 1. The van der Waals surface area contributed by atoms with Gasteiger partial charge in [-0.05, 0) is 13.8 Å². The molecule has 4 heteroatoms. The minimum atomic E-state index is -1.60. The van der Waals surface area contributed by atoms with Crippen LogP contribution in [0.3, 0.4) is 0 Å². The van der Waals surface area contributed by atoms with Gasteiger partial charge in [-0.3, -0.25) is 0 Å². The van der Waals surface area contributed by atoms with Gasteiger partial charge in [0.1, 0.15) is 0 Å². The Hall–Kier alpha value is -0.610. The topological polar surface area (TPSA) is 66.8 Å². The molecule has 0 saturated carbocycles. The van der Waals surface area contributed by atoms with Crippen LogP contribution in [0.4, 0.5) is 0 Å². The van der Waals surface area contributed by atoms with E-state index < -0.39 is 17.2 Å². The molecule has 70 valence electrons. The number of carboxylic acids is 1. The van der Waals surface area contributed by atoms with Crippen LogP contribution in [0.15, 0.2) is 0 Å². The number of hydrogen-bond acceptors (Lipinski definition) is 3. The molecule has 1 heterocycles. The molecule has 0 amide bonds. The summed E-state index contributed by atoms with van der Waals surface area (Å²) < 4.78 is 5.29. The summed E-state index contributed by atoms with van der Waals surface area (Å²) in [5, 5.41) is 18.3. The Bertz CT molecular complexity index is 199. The zero-order valence-corrected chi connectivity index (χ0v) is 7.33. The van der Waals surface area contributed by atoms with E-state index in [1.54, 1.807) is 13.8 Å². The number of hydrogen-bond donors (Lipinski definition) is 2. The van der Waals surface area contributed by atoms with Gasteiger partial charge in [-0.2, -0.15) is 0 Å². The normalized spacial score (nSPS) is 34.6. The molecular weight excluding hydrogens is 160 g/mol. The molecule has 0 aromatic heterocycles. The van der Waals surface area contributed by atoms with Crippen molar-refractivity contribution in [3.05, 3.63) is 0 Å². The van der Waals surface area contributed by atoms with Gasteiger partial charge >= 0.3 is 5.97 Å². The van der Waals surface area contributed by atoms with Gasteiger partial charge in [0.25, 0.3) is 0 Å². The minimum absolute atomic E-state index is 0.148.